The molecule has 104 valence electrons. The molecule has 0 amide bonds. The second kappa shape index (κ2) is 5.79. The Labute approximate surface area is 120 Å². The van der Waals surface area contributed by atoms with Crippen LogP contribution < -0.4 is 10.6 Å². The maximum absolute atomic E-state index is 13.7. The van der Waals surface area contributed by atoms with Crippen molar-refractivity contribution in [1.82, 2.24) is 0 Å². The van der Waals surface area contributed by atoms with Crippen LogP contribution in [0.3, 0.4) is 0 Å². The molecule has 2 rings (SSSR count). The summed E-state index contributed by atoms with van der Waals surface area (Å²) in [5, 5.41) is 11.9. The van der Waals surface area contributed by atoms with Gasteiger partial charge in [0.1, 0.15) is 5.82 Å². The summed E-state index contributed by atoms with van der Waals surface area (Å²) >= 11 is 6.08. The molecule has 2 aromatic rings. The normalized spacial score (nSPS) is 11.4. The molecule has 6 heteroatoms. The lowest BCUT2D eigenvalue weighted by Gasteiger charge is -2.20. The molecule has 2 aromatic carbocycles. The molecule has 0 fully saturated rings. The zero-order chi connectivity index (χ0) is 14.7. The van der Waals surface area contributed by atoms with Crippen molar-refractivity contribution in [2.45, 2.75) is 0 Å². The van der Waals surface area contributed by atoms with Gasteiger partial charge < -0.3 is 15.8 Å². The van der Waals surface area contributed by atoms with Crippen molar-refractivity contribution >= 4 is 28.8 Å². The molecule has 0 bridgehead atoms. The van der Waals surface area contributed by atoms with E-state index in [9.17, 15) is 4.39 Å². The van der Waals surface area contributed by atoms with E-state index in [4.69, 9.17) is 22.5 Å². The van der Waals surface area contributed by atoms with Crippen LogP contribution in [0.15, 0.2) is 47.6 Å². The number of halogens is 2. The highest BCUT2D eigenvalue weighted by atomic mass is 35.5. The molecule has 0 radical (unpaired) electrons. The molecule has 0 spiro atoms. The van der Waals surface area contributed by atoms with Crippen LogP contribution in [0.1, 0.15) is 5.56 Å². The third-order valence-electron chi connectivity index (χ3n) is 2.94. The Morgan fingerprint density at radius 3 is 2.60 bits per heavy atom. The van der Waals surface area contributed by atoms with E-state index >= 15 is 0 Å². The highest BCUT2D eigenvalue weighted by Gasteiger charge is 2.12. The first kappa shape index (κ1) is 14.1. The van der Waals surface area contributed by atoms with E-state index in [1.54, 1.807) is 48.3 Å². The first-order chi connectivity index (χ1) is 9.54. The second-order valence-corrected chi connectivity index (χ2v) is 4.57. The molecular formula is C14H13ClFN3O. The molecule has 3 N–H and O–H groups in total. The van der Waals surface area contributed by atoms with Gasteiger partial charge in [-0.3, -0.25) is 0 Å². The zero-order valence-corrected chi connectivity index (χ0v) is 11.5. The molecule has 0 saturated heterocycles. The van der Waals surface area contributed by atoms with Crippen molar-refractivity contribution in [3.8, 4) is 0 Å². The average molecular weight is 294 g/mol. The van der Waals surface area contributed by atoms with Gasteiger partial charge in [0.05, 0.1) is 10.7 Å². The van der Waals surface area contributed by atoms with Crippen LogP contribution in [0, 0.1) is 5.82 Å². The minimum absolute atomic E-state index is 0.0740. The SMILES string of the molecule is CN(c1ccc(C(N)=NO)c(Cl)c1)c1ccccc1F. The minimum Gasteiger partial charge on any atom is -0.409 e. The number of oxime groups is 1. The van der Waals surface area contributed by atoms with Gasteiger partial charge in [-0.1, -0.05) is 28.9 Å². The molecule has 0 heterocycles. The lowest BCUT2D eigenvalue weighted by molar-refractivity contribution is 0.318. The van der Waals surface area contributed by atoms with Gasteiger partial charge in [-0.15, -0.1) is 0 Å². The van der Waals surface area contributed by atoms with Crippen molar-refractivity contribution in [3.05, 3.63) is 58.9 Å². The summed E-state index contributed by atoms with van der Waals surface area (Å²) in [6.45, 7) is 0. The fourth-order valence-corrected chi connectivity index (χ4v) is 2.11. The number of rotatable bonds is 3. The summed E-state index contributed by atoms with van der Waals surface area (Å²) in [6.07, 6.45) is 0. The Morgan fingerprint density at radius 1 is 1.30 bits per heavy atom. The molecule has 0 aliphatic carbocycles. The third-order valence-corrected chi connectivity index (χ3v) is 3.25. The highest BCUT2D eigenvalue weighted by Crippen LogP contribution is 2.29. The predicted molar refractivity (Wildman–Crippen MR) is 78.4 cm³/mol. The van der Waals surface area contributed by atoms with Crippen molar-refractivity contribution < 1.29 is 9.60 Å². The third kappa shape index (κ3) is 2.67. The van der Waals surface area contributed by atoms with Gasteiger partial charge in [-0.25, -0.2) is 4.39 Å². The summed E-state index contributed by atoms with van der Waals surface area (Å²) in [7, 11) is 1.73. The van der Waals surface area contributed by atoms with Gasteiger partial charge in [0.2, 0.25) is 0 Å². The molecule has 0 unspecified atom stereocenters. The molecule has 20 heavy (non-hydrogen) atoms. The smallest absolute Gasteiger partial charge is 0.171 e. The van der Waals surface area contributed by atoms with E-state index < -0.39 is 0 Å². The van der Waals surface area contributed by atoms with Crippen LogP contribution in [0.25, 0.3) is 0 Å². The van der Waals surface area contributed by atoms with Crippen molar-refractivity contribution in [1.29, 1.82) is 0 Å². The Balaban J connectivity index is 2.40. The van der Waals surface area contributed by atoms with Crippen LogP contribution in [0.5, 0.6) is 0 Å². The topological polar surface area (TPSA) is 61.8 Å². The van der Waals surface area contributed by atoms with E-state index in [1.807, 2.05) is 0 Å². The molecule has 0 aliphatic heterocycles. The number of hydrogen-bond acceptors (Lipinski definition) is 3. The monoisotopic (exact) mass is 293 g/mol. The van der Waals surface area contributed by atoms with Crippen LogP contribution in [-0.2, 0) is 0 Å². The summed E-state index contributed by atoms with van der Waals surface area (Å²) in [6, 6.07) is 11.4. The van der Waals surface area contributed by atoms with Crippen molar-refractivity contribution in [2.24, 2.45) is 10.9 Å². The standard InChI is InChI=1S/C14H13ClFN3O/c1-19(13-5-3-2-4-12(13)16)9-6-7-10(11(15)8-9)14(17)18-20/h2-8,20H,1H3,(H2,17,18). The number of para-hydroxylation sites is 1. The maximum Gasteiger partial charge on any atom is 0.171 e. The van der Waals surface area contributed by atoms with E-state index in [1.165, 1.54) is 6.07 Å². The van der Waals surface area contributed by atoms with Crippen molar-refractivity contribution in [3.63, 3.8) is 0 Å². The molecule has 0 saturated carbocycles. The Bertz CT molecular complexity index is 661. The van der Waals surface area contributed by atoms with E-state index in [0.717, 1.165) is 0 Å². The van der Waals surface area contributed by atoms with Gasteiger partial charge in [0.15, 0.2) is 5.84 Å². The number of hydrogen-bond donors (Lipinski definition) is 2. The number of nitrogens with zero attached hydrogens (tertiary/aromatic N) is 2. The van der Waals surface area contributed by atoms with Crippen LogP contribution in [0.4, 0.5) is 15.8 Å². The van der Waals surface area contributed by atoms with Gasteiger partial charge in [0.25, 0.3) is 0 Å². The number of amidine groups is 1. The van der Waals surface area contributed by atoms with E-state index in [-0.39, 0.29) is 11.7 Å². The predicted octanol–water partition coefficient (Wildman–Crippen LogP) is 3.34. The number of nitrogens with two attached hydrogens (primary N) is 1. The quantitative estimate of drug-likeness (QED) is 0.395. The molecular weight excluding hydrogens is 281 g/mol. The molecule has 0 aromatic heterocycles. The Kier molecular flexibility index (Phi) is 4.10. The average Bonchev–Trinajstić information content (AvgIpc) is 2.46. The minimum atomic E-state index is -0.327. The van der Waals surface area contributed by atoms with E-state index in [0.29, 0.717) is 22.0 Å². The molecule has 0 aliphatic rings. The summed E-state index contributed by atoms with van der Waals surface area (Å²) in [5.74, 6) is -0.401. The second-order valence-electron chi connectivity index (χ2n) is 4.16. The summed E-state index contributed by atoms with van der Waals surface area (Å²) < 4.78 is 13.7. The fraction of sp³-hybridized carbons (Fsp3) is 0.0714. The summed E-state index contributed by atoms with van der Waals surface area (Å²) in [4.78, 5) is 1.66. The Hall–Kier alpha value is -2.27. The van der Waals surface area contributed by atoms with Gasteiger partial charge in [0, 0.05) is 18.3 Å². The first-order valence-electron chi connectivity index (χ1n) is 5.80. The maximum atomic E-state index is 13.7. The summed E-state index contributed by atoms with van der Waals surface area (Å²) in [5.41, 5.74) is 7.04. The van der Waals surface area contributed by atoms with Crippen LogP contribution >= 0.6 is 11.6 Å². The molecule has 0 atom stereocenters. The van der Waals surface area contributed by atoms with Gasteiger partial charge in [-0.05, 0) is 30.3 Å². The van der Waals surface area contributed by atoms with Crippen LogP contribution in [0.2, 0.25) is 5.02 Å². The lowest BCUT2D eigenvalue weighted by atomic mass is 10.1. The van der Waals surface area contributed by atoms with Crippen molar-refractivity contribution in [2.75, 3.05) is 11.9 Å². The molecule has 4 nitrogen and oxygen atoms in total. The van der Waals surface area contributed by atoms with Gasteiger partial charge >= 0.3 is 0 Å². The lowest BCUT2D eigenvalue weighted by Crippen LogP contribution is -2.15. The zero-order valence-electron chi connectivity index (χ0n) is 10.7. The Morgan fingerprint density at radius 2 is 2.00 bits per heavy atom. The van der Waals surface area contributed by atoms with E-state index in [2.05, 4.69) is 5.16 Å². The number of anilines is 2. The van der Waals surface area contributed by atoms with Gasteiger partial charge in [-0.2, -0.15) is 0 Å². The largest absolute Gasteiger partial charge is 0.409 e. The number of benzene rings is 2. The highest BCUT2D eigenvalue weighted by molar-refractivity contribution is 6.34. The fourth-order valence-electron chi connectivity index (χ4n) is 1.84. The van der Waals surface area contributed by atoms with Crippen LogP contribution in [-0.4, -0.2) is 18.1 Å². The first-order valence-corrected chi connectivity index (χ1v) is 6.18.